The van der Waals surface area contributed by atoms with Crippen molar-refractivity contribution in [3.05, 3.63) is 12.4 Å². The van der Waals surface area contributed by atoms with Gasteiger partial charge in [-0.1, -0.05) is 24.5 Å². The molecule has 1 saturated carbocycles. The van der Waals surface area contributed by atoms with Gasteiger partial charge in [0.05, 0.1) is 12.8 Å². The highest BCUT2D eigenvalue weighted by Gasteiger charge is 2.25. The van der Waals surface area contributed by atoms with Crippen LogP contribution in [0.15, 0.2) is 12.4 Å². The lowest BCUT2D eigenvalue weighted by atomic mass is 9.94. The highest BCUT2D eigenvalue weighted by atomic mass is 16.3. The van der Waals surface area contributed by atoms with Crippen molar-refractivity contribution in [1.82, 2.24) is 19.9 Å². The van der Waals surface area contributed by atoms with Crippen LogP contribution in [-0.4, -0.2) is 50.1 Å². The van der Waals surface area contributed by atoms with Crippen molar-refractivity contribution in [3.63, 3.8) is 0 Å². The molecule has 0 spiro atoms. The van der Waals surface area contributed by atoms with Gasteiger partial charge in [0.25, 0.3) is 0 Å². The van der Waals surface area contributed by atoms with Crippen LogP contribution in [0.3, 0.4) is 0 Å². The third-order valence-electron chi connectivity index (χ3n) is 3.45. The minimum atomic E-state index is 0.0135. The monoisotopic (exact) mass is 252 g/mol. The first-order chi connectivity index (χ1) is 8.81. The molecule has 0 radical (unpaired) electrons. The maximum Gasteiger partial charge on any atom is 0.244 e. The fourth-order valence-corrected chi connectivity index (χ4v) is 2.56. The molecule has 0 atom stereocenters. The van der Waals surface area contributed by atoms with Gasteiger partial charge in [0.2, 0.25) is 5.91 Å². The summed E-state index contributed by atoms with van der Waals surface area (Å²) in [6.45, 7) is 0.633. The zero-order valence-electron chi connectivity index (χ0n) is 10.5. The Morgan fingerprint density at radius 1 is 1.39 bits per heavy atom. The lowest BCUT2D eigenvalue weighted by Crippen LogP contribution is -2.44. The number of carbonyl (C=O) groups excluding carboxylic acids is 1. The van der Waals surface area contributed by atoms with Crippen LogP contribution in [-0.2, 0) is 11.3 Å². The van der Waals surface area contributed by atoms with Gasteiger partial charge in [-0.25, -0.2) is 4.68 Å². The molecule has 0 aliphatic heterocycles. The van der Waals surface area contributed by atoms with Crippen molar-refractivity contribution in [2.75, 3.05) is 13.2 Å². The van der Waals surface area contributed by atoms with Gasteiger partial charge in [-0.2, -0.15) is 0 Å². The highest BCUT2D eigenvalue weighted by molar-refractivity contribution is 5.76. The molecule has 1 aliphatic rings. The molecule has 1 aromatic heterocycles. The summed E-state index contributed by atoms with van der Waals surface area (Å²) in [4.78, 5) is 14.0. The van der Waals surface area contributed by atoms with Crippen LogP contribution in [0.5, 0.6) is 0 Å². The summed E-state index contributed by atoms with van der Waals surface area (Å²) < 4.78 is 1.52. The van der Waals surface area contributed by atoms with E-state index in [-0.39, 0.29) is 25.1 Å². The summed E-state index contributed by atoms with van der Waals surface area (Å²) in [5.74, 6) is 0.0152. The Balaban J connectivity index is 1.97. The lowest BCUT2D eigenvalue weighted by molar-refractivity contribution is -0.135. The smallest absolute Gasteiger partial charge is 0.244 e. The Morgan fingerprint density at radius 3 is 2.78 bits per heavy atom. The number of aliphatic hydroxyl groups is 1. The number of hydrogen-bond acceptors (Lipinski definition) is 4. The molecular formula is C12H20N4O2. The number of hydrogen-bond donors (Lipinski definition) is 1. The fourth-order valence-electron chi connectivity index (χ4n) is 2.56. The normalized spacial score (nSPS) is 16.7. The molecule has 1 N–H and O–H groups in total. The number of aromatic nitrogens is 3. The van der Waals surface area contributed by atoms with E-state index in [1.54, 1.807) is 17.3 Å². The van der Waals surface area contributed by atoms with Gasteiger partial charge in [-0.05, 0) is 12.8 Å². The average Bonchev–Trinajstić information content (AvgIpc) is 2.89. The standard InChI is InChI=1S/C12H20N4O2/c17-9-8-16(11-4-2-1-3-5-11)12(18)10-15-7-6-13-14-15/h6-7,11,17H,1-5,8-10H2. The minimum absolute atomic E-state index is 0.0135. The van der Waals surface area contributed by atoms with Gasteiger partial charge in [0.15, 0.2) is 0 Å². The second-order valence-corrected chi connectivity index (χ2v) is 4.70. The number of nitrogens with zero attached hydrogens (tertiary/aromatic N) is 4. The van der Waals surface area contributed by atoms with Crippen molar-refractivity contribution >= 4 is 5.91 Å². The first-order valence-corrected chi connectivity index (χ1v) is 6.55. The molecule has 6 nitrogen and oxygen atoms in total. The van der Waals surface area contributed by atoms with Crippen LogP contribution in [0.25, 0.3) is 0 Å². The van der Waals surface area contributed by atoms with E-state index in [4.69, 9.17) is 5.11 Å². The molecule has 6 heteroatoms. The summed E-state index contributed by atoms with van der Waals surface area (Å²) in [5.41, 5.74) is 0. The van der Waals surface area contributed by atoms with Crippen molar-refractivity contribution < 1.29 is 9.90 Å². The first kappa shape index (κ1) is 13.0. The van der Waals surface area contributed by atoms with E-state index in [1.165, 1.54) is 23.9 Å². The summed E-state index contributed by atoms with van der Waals surface area (Å²) >= 11 is 0. The second kappa shape index (κ2) is 6.49. The van der Waals surface area contributed by atoms with Crippen LogP contribution < -0.4 is 0 Å². The lowest BCUT2D eigenvalue weighted by Gasteiger charge is -2.34. The fraction of sp³-hybridized carbons (Fsp3) is 0.750. The summed E-state index contributed by atoms with van der Waals surface area (Å²) in [7, 11) is 0. The Bertz CT molecular complexity index is 360. The van der Waals surface area contributed by atoms with Gasteiger partial charge < -0.3 is 10.0 Å². The quantitative estimate of drug-likeness (QED) is 0.825. The third-order valence-corrected chi connectivity index (χ3v) is 3.45. The van der Waals surface area contributed by atoms with Crippen molar-refractivity contribution in [2.24, 2.45) is 0 Å². The minimum Gasteiger partial charge on any atom is -0.395 e. The van der Waals surface area contributed by atoms with Crippen LogP contribution >= 0.6 is 0 Å². The van der Waals surface area contributed by atoms with Crippen molar-refractivity contribution in [2.45, 2.75) is 44.7 Å². The number of carbonyl (C=O) groups is 1. The molecule has 1 heterocycles. The van der Waals surface area contributed by atoms with Crippen molar-refractivity contribution in [3.8, 4) is 0 Å². The SMILES string of the molecule is O=C(Cn1ccnn1)N(CCO)C1CCCCC1. The topological polar surface area (TPSA) is 71.2 Å². The van der Waals surface area contributed by atoms with Gasteiger partial charge in [-0.15, -0.1) is 5.10 Å². The molecule has 0 aromatic carbocycles. The molecule has 1 fully saturated rings. The van der Waals surface area contributed by atoms with E-state index >= 15 is 0 Å². The van der Waals surface area contributed by atoms with Crippen LogP contribution in [0, 0.1) is 0 Å². The molecule has 1 aliphatic carbocycles. The number of aliphatic hydroxyl groups excluding tert-OH is 1. The van der Waals surface area contributed by atoms with E-state index in [2.05, 4.69) is 10.3 Å². The van der Waals surface area contributed by atoms with Crippen molar-refractivity contribution in [1.29, 1.82) is 0 Å². The first-order valence-electron chi connectivity index (χ1n) is 6.55. The third kappa shape index (κ3) is 3.29. The Kier molecular flexibility index (Phi) is 4.69. The van der Waals surface area contributed by atoms with E-state index in [0.717, 1.165) is 12.8 Å². The summed E-state index contributed by atoms with van der Waals surface area (Å²) in [5, 5.41) is 16.6. The number of rotatable bonds is 5. The Labute approximate surface area is 107 Å². The second-order valence-electron chi connectivity index (χ2n) is 4.70. The predicted molar refractivity (Wildman–Crippen MR) is 65.7 cm³/mol. The van der Waals surface area contributed by atoms with Gasteiger partial charge in [0.1, 0.15) is 6.54 Å². The molecule has 0 saturated heterocycles. The van der Waals surface area contributed by atoms with E-state index in [0.29, 0.717) is 6.54 Å². The largest absolute Gasteiger partial charge is 0.395 e. The predicted octanol–water partition coefficient (Wildman–Crippen LogP) is 0.432. The zero-order chi connectivity index (χ0) is 12.8. The number of amides is 1. The van der Waals surface area contributed by atoms with Gasteiger partial charge >= 0.3 is 0 Å². The molecule has 2 rings (SSSR count). The Morgan fingerprint density at radius 2 is 2.17 bits per heavy atom. The molecule has 0 bridgehead atoms. The summed E-state index contributed by atoms with van der Waals surface area (Å²) in [6, 6.07) is 0.280. The van der Waals surface area contributed by atoms with E-state index < -0.39 is 0 Å². The molecule has 100 valence electrons. The molecule has 18 heavy (non-hydrogen) atoms. The highest BCUT2D eigenvalue weighted by Crippen LogP contribution is 2.22. The summed E-state index contributed by atoms with van der Waals surface area (Å²) in [6.07, 6.45) is 8.92. The van der Waals surface area contributed by atoms with Gasteiger partial charge in [0, 0.05) is 18.8 Å². The van der Waals surface area contributed by atoms with Crippen LogP contribution in [0.1, 0.15) is 32.1 Å². The van der Waals surface area contributed by atoms with E-state index in [1.807, 2.05) is 0 Å². The zero-order valence-corrected chi connectivity index (χ0v) is 10.5. The molecule has 1 aromatic rings. The Hall–Kier alpha value is -1.43. The molecule has 1 amide bonds. The van der Waals surface area contributed by atoms with Crippen LogP contribution in [0.4, 0.5) is 0 Å². The maximum absolute atomic E-state index is 12.2. The van der Waals surface area contributed by atoms with Gasteiger partial charge in [-0.3, -0.25) is 4.79 Å². The van der Waals surface area contributed by atoms with Crippen LogP contribution in [0.2, 0.25) is 0 Å². The maximum atomic E-state index is 12.2. The molecule has 0 unspecified atom stereocenters. The van der Waals surface area contributed by atoms with E-state index in [9.17, 15) is 4.79 Å². The average molecular weight is 252 g/mol. The molecular weight excluding hydrogens is 232 g/mol.